The van der Waals surface area contributed by atoms with Crippen LogP contribution in [0.15, 0.2) is 41.4 Å². The molecule has 0 bridgehead atoms. The molecule has 1 aromatic carbocycles. The average Bonchev–Trinajstić information content (AvgIpc) is 3.07. The van der Waals surface area contributed by atoms with Gasteiger partial charge in [-0.2, -0.15) is 0 Å². The Labute approximate surface area is 167 Å². The zero-order chi connectivity index (χ0) is 19.5. The summed E-state index contributed by atoms with van der Waals surface area (Å²) in [6.45, 7) is 8.27. The highest BCUT2D eigenvalue weighted by molar-refractivity contribution is 7.11. The molecule has 0 amide bonds. The molecular formula is C21H32N4OS. The first kappa shape index (κ1) is 21.3. The Bertz CT molecular complexity index is 694. The number of aryl methyl sites for hydroxylation is 1. The van der Waals surface area contributed by atoms with E-state index in [0.29, 0.717) is 6.54 Å². The summed E-state index contributed by atoms with van der Waals surface area (Å²) in [5.41, 5.74) is 1.17. The van der Waals surface area contributed by atoms with E-state index in [0.717, 1.165) is 44.4 Å². The summed E-state index contributed by atoms with van der Waals surface area (Å²) in [6, 6.07) is 12.5. The number of aliphatic imine (C=N–C) groups is 1. The minimum Gasteiger partial charge on any atom is -0.494 e. The fraction of sp³-hybridized carbons (Fsp3) is 0.476. The second-order valence-corrected chi connectivity index (χ2v) is 8.08. The van der Waals surface area contributed by atoms with Crippen molar-refractivity contribution < 1.29 is 4.74 Å². The van der Waals surface area contributed by atoms with Crippen LogP contribution in [-0.2, 0) is 13.1 Å². The van der Waals surface area contributed by atoms with Gasteiger partial charge in [-0.15, -0.1) is 11.3 Å². The molecule has 0 radical (unpaired) electrons. The van der Waals surface area contributed by atoms with Crippen LogP contribution in [0.25, 0.3) is 0 Å². The molecule has 1 aromatic heterocycles. The smallest absolute Gasteiger partial charge is 0.191 e. The van der Waals surface area contributed by atoms with Crippen LogP contribution in [-0.4, -0.2) is 44.7 Å². The number of nitrogens with zero attached hydrogens (tertiary/aromatic N) is 2. The number of benzene rings is 1. The molecular weight excluding hydrogens is 356 g/mol. The zero-order valence-corrected chi connectivity index (χ0v) is 17.7. The highest BCUT2D eigenvalue weighted by atomic mass is 32.1. The molecule has 148 valence electrons. The van der Waals surface area contributed by atoms with Crippen molar-refractivity contribution in [1.29, 1.82) is 0 Å². The van der Waals surface area contributed by atoms with E-state index in [1.807, 2.05) is 23.5 Å². The van der Waals surface area contributed by atoms with E-state index in [-0.39, 0.29) is 0 Å². The summed E-state index contributed by atoms with van der Waals surface area (Å²) >= 11 is 1.81. The summed E-state index contributed by atoms with van der Waals surface area (Å²) in [5, 5.41) is 6.70. The standard InChI is InChI=1S/C21H32N4OS/c1-5-22-21(24-16-20-12-7-17(2)27-20)23-15-18-8-10-19(11-9-18)26-14-6-13-25(3)4/h7-12H,5-6,13-16H2,1-4H3,(H2,22,23,24). The Morgan fingerprint density at radius 3 is 2.52 bits per heavy atom. The molecule has 1 heterocycles. The maximum absolute atomic E-state index is 5.78. The first-order valence-corrected chi connectivity index (χ1v) is 10.3. The molecule has 2 aromatic rings. The molecule has 6 heteroatoms. The lowest BCUT2D eigenvalue weighted by Crippen LogP contribution is -2.36. The average molecular weight is 389 g/mol. The highest BCUT2D eigenvalue weighted by Gasteiger charge is 2.01. The van der Waals surface area contributed by atoms with Crippen molar-refractivity contribution in [3.8, 4) is 5.75 Å². The summed E-state index contributed by atoms with van der Waals surface area (Å²) in [7, 11) is 4.15. The van der Waals surface area contributed by atoms with Gasteiger partial charge in [0.05, 0.1) is 19.7 Å². The van der Waals surface area contributed by atoms with Gasteiger partial charge in [-0.1, -0.05) is 12.1 Å². The largest absolute Gasteiger partial charge is 0.494 e. The van der Waals surface area contributed by atoms with Crippen molar-refractivity contribution in [3.63, 3.8) is 0 Å². The SMILES string of the molecule is CCNC(=NCc1ccc(OCCCN(C)C)cc1)NCc1ccc(C)s1. The first-order valence-electron chi connectivity index (χ1n) is 9.50. The number of hydrogen-bond acceptors (Lipinski definition) is 4. The molecule has 5 nitrogen and oxygen atoms in total. The van der Waals surface area contributed by atoms with Gasteiger partial charge >= 0.3 is 0 Å². The normalized spacial score (nSPS) is 11.7. The number of nitrogens with one attached hydrogen (secondary N) is 2. The topological polar surface area (TPSA) is 48.9 Å². The molecule has 0 spiro atoms. The molecule has 0 unspecified atom stereocenters. The Hall–Kier alpha value is -2.05. The second-order valence-electron chi connectivity index (χ2n) is 6.71. The van der Waals surface area contributed by atoms with Crippen LogP contribution in [0, 0.1) is 6.92 Å². The van der Waals surface area contributed by atoms with Crippen molar-refractivity contribution in [2.24, 2.45) is 4.99 Å². The maximum Gasteiger partial charge on any atom is 0.191 e. The summed E-state index contributed by atoms with van der Waals surface area (Å²) in [4.78, 5) is 9.49. The lowest BCUT2D eigenvalue weighted by molar-refractivity contribution is 0.281. The highest BCUT2D eigenvalue weighted by Crippen LogP contribution is 2.15. The van der Waals surface area contributed by atoms with Gasteiger partial charge in [0.2, 0.25) is 0 Å². The quantitative estimate of drug-likeness (QED) is 0.371. The van der Waals surface area contributed by atoms with E-state index in [9.17, 15) is 0 Å². The molecule has 0 aliphatic rings. The molecule has 0 saturated carbocycles. The molecule has 0 aliphatic heterocycles. The van der Waals surface area contributed by atoms with Crippen LogP contribution < -0.4 is 15.4 Å². The fourth-order valence-electron chi connectivity index (χ4n) is 2.52. The third kappa shape index (κ3) is 8.45. The number of ether oxygens (including phenoxy) is 1. The Morgan fingerprint density at radius 2 is 1.89 bits per heavy atom. The second kappa shape index (κ2) is 11.6. The monoisotopic (exact) mass is 388 g/mol. The van der Waals surface area contributed by atoms with E-state index in [1.54, 1.807) is 0 Å². The first-order chi connectivity index (χ1) is 13.1. The fourth-order valence-corrected chi connectivity index (χ4v) is 3.36. The maximum atomic E-state index is 5.78. The third-order valence-corrected chi connectivity index (χ3v) is 4.93. The Balaban J connectivity index is 1.81. The van der Waals surface area contributed by atoms with Gasteiger partial charge in [0.1, 0.15) is 5.75 Å². The molecule has 0 saturated heterocycles. The van der Waals surface area contributed by atoms with Crippen LogP contribution in [0.2, 0.25) is 0 Å². The van der Waals surface area contributed by atoms with E-state index in [1.165, 1.54) is 15.3 Å². The lowest BCUT2D eigenvalue weighted by atomic mass is 10.2. The number of thiophene rings is 1. The van der Waals surface area contributed by atoms with Crippen LogP contribution >= 0.6 is 11.3 Å². The predicted molar refractivity (Wildman–Crippen MR) is 116 cm³/mol. The molecule has 2 rings (SSSR count). The van der Waals surface area contributed by atoms with E-state index < -0.39 is 0 Å². The van der Waals surface area contributed by atoms with E-state index >= 15 is 0 Å². The van der Waals surface area contributed by atoms with Gasteiger partial charge in [0, 0.05) is 22.8 Å². The Morgan fingerprint density at radius 1 is 1.11 bits per heavy atom. The van der Waals surface area contributed by atoms with Gasteiger partial charge in [-0.3, -0.25) is 0 Å². The predicted octanol–water partition coefficient (Wildman–Crippen LogP) is 3.64. The molecule has 0 fully saturated rings. The van der Waals surface area contributed by atoms with Crippen LogP contribution in [0.3, 0.4) is 0 Å². The molecule has 27 heavy (non-hydrogen) atoms. The summed E-state index contributed by atoms with van der Waals surface area (Å²) in [5.74, 6) is 1.76. The van der Waals surface area contributed by atoms with E-state index in [4.69, 9.17) is 4.74 Å². The van der Waals surface area contributed by atoms with Gasteiger partial charge in [0.25, 0.3) is 0 Å². The number of hydrogen-bond donors (Lipinski definition) is 2. The van der Waals surface area contributed by atoms with Gasteiger partial charge in [0.15, 0.2) is 5.96 Å². The third-order valence-electron chi connectivity index (χ3n) is 3.93. The molecule has 2 N–H and O–H groups in total. The van der Waals surface area contributed by atoms with E-state index in [2.05, 4.69) is 72.7 Å². The van der Waals surface area contributed by atoms with Gasteiger partial charge in [-0.25, -0.2) is 4.99 Å². The lowest BCUT2D eigenvalue weighted by Gasteiger charge is -2.11. The number of guanidine groups is 1. The van der Waals surface area contributed by atoms with Crippen LogP contribution in [0.4, 0.5) is 0 Å². The van der Waals surface area contributed by atoms with Crippen molar-refractivity contribution in [2.75, 3.05) is 33.8 Å². The molecule has 0 aliphatic carbocycles. The van der Waals surface area contributed by atoms with Gasteiger partial charge in [-0.05, 0) is 64.2 Å². The van der Waals surface area contributed by atoms with Crippen molar-refractivity contribution in [1.82, 2.24) is 15.5 Å². The van der Waals surface area contributed by atoms with Crippen molar-refractivity contribution >= 4 is 17.3 Å². The van der Waals surface area contributed by atoms with Crippen LogP contribution in [0.1, 0.15) is 28.7 Å². The van der Waals surface area contributed by atoms with Gasteiger partial charge < -0.3 is 20.3 Å². The summed E-state index contributed by atoms with van der Waals surface area (Å²) < 4.78 is 5.78. The summed E-state index contributed by atoms with van der Waals surface area (Å²) in [6.07, 6.45) is 1.03. The van der Waals surface area contributed by atoms with Crippen molar-refractivity contribution in [2.45, 2.75) is 33.4 Å². The van der Waals surface area contributed by atoms with Crippen molar-refractivity contribution in [3.05, 3.63) is 51.7 Å². The minimum atomic E-state index is 0.639. The van der Waals surface area contributed by atoms with Crippen LogP contribution in [0.5, 0.6) is 5.75 Å². The number of rotatable bonds is 10. The molecule has 0 atom stereocenters. The Kier molecular flexibility index (Phi) is 9.15. The zero-order valence-electron chi connectivity index (χ0n) is 16.9. The minimum absolute atomic E-state index is 0.639.